The Labute approximate surface area is 258 Å². The van der Waals surface area contributed by atoms with E-state index >= 15 is 0 Å². The number of benzene rings is 2. The summed E-state index contributed by atoms with van der Waals surface area (Å²) >= 11 is 10.6. The van der Waals surface area contributed by atoms with Crippen molar-refractivity contribution in [2.45, 2.75) is 29.2 Å². The third-order valence-corrected chi connectivity index (χ3v) is 13.2. The Morgan fingerprint density at radius 1 is 0.929 bits per heavy atom. The number of anilines is 2. The minimum Gasteiger partial charge on any atom is -0.325 e. The van der Waals surface area contributed by atoms with E-state index in [1.165, 1.54) is 16.2 Å². The van der Waals surface area contributed by atoms with Gasteiger partial charge in [-0.3, -0.25) is 28.6 Å². The lowest BCUT2D eigenvalue weighted by Gasteiger charge is -2.42. The fraction of sp³-hybridized carbons (Fsp3) is 0.290. The Hall–Kier alpha value is -3.18. The van der Waals surface area contributed by atoms with Crippen molar-refractivity contribution in [2.75, 3.05) is 10.2 Å². The zero-order chi connectivity index (χ0) is 28.7. The molecule has 7 unspecified atom stereocenters. The van der Waals surface area contributed by atoms with Crippen molar-refractivity contribution in [1.29, 1.82) is 0 Å². The lowest BCUT2D eigenvalue weighted by atomic mass is 9.69. The number of aromatic nitrogens is 1. The second kappa shape index (κ2) is 9.94. The van der Waals surface area contributed by atoms with Gasteiger partial charge in [-0.15, -0.1) is 23.1 Å². The van der Waals surface area contributed by atoms with Gasteiger partial charge in [0.25, 0.3) is 0 Å². The number of nitrogens with zero attached hydrogens (tertiary/aromatic N) is 2. The van der Waals surface area contributed by atoms with E-state index in [1.807, 2.05) is 41.8 Å². The van der Waals surface area contributed by atoms with E-state index in [-0.39, 0.29) is 69.9 Å². The molecule has 2 saturated carbocycles. The number of imide groups is 1. The lowest BCUT2D eigenvalue weighted by molar-refractivity contribution is -0.123. The highest BCUT2D eigenvalue weighted by Gasteiger charge is 2.70. The number of amides is 3. The van der Waals surface area contributed by atoms with Gasteiger partial charge in [0.1, 0.15) is 6.54 Å². The fourth-order valence-electron chi connectivity index (χ4n) is 7.75. The molecule has 1 N–H and O–H groups in total. The van der Waals surface area contributed by atoms with E-state index < -0.39 is 0 Å². The van der Waals surface area contributed by atoms with Gasteiger partial charge in [0.2, 0.25) is 17.7 Å². The summed E-state index contributed by atoms with van der Waals surface area (Å²) in [6.07, 6.45) is 0.819. The highest BCUT2D eigenvalue weighted by molar-refractivity contribution is 8.00. The molecule has 7 nitrogen and oxygen atoms in total. The lowest BCUT2D eigenvalue weighted by Crippen LogP contribution is -2.43. The van der Waals surface area contributed by atoms with Crippen molar-refractivity contribution in [2.24, 2.45) is 29.6 Å². The van der Waals surface area contributed by atoms with E-state index in [4.69, 9.17) is 11.6 Å². The highest BCUT2D eigenvalue weighted by Crippen LogP contribution is 2.69. The van der Waals surface area contributed by atoms with Crippen molar-refractivity contribution >= 4 is 75.1 Å². The minimum absolute atomic E-state index is 0.0148. The molecule has 4 aromatic rings. The first kappa shape index (κ1) is 26.4. The van der Waals surface area contributed by atoms with Crippen molar-refractivity contribution < 1.29 is 14.4 Å². The normalized spacial score (nSPS) is 29.0. The molecule has 4 heterocycles. The minimum atomic E-state index is -0.377. The van der Waals surface area contributed by atoms with Crippen LogP contribution >= 0.6 is 46.0 Å². The van der Waals surface area contributed by atoms with Gasteiger partial charge in [0, 0.05) is 31.6 Å². The third-order valence-electron chi connectivity index (χ3n) is 9.24. The van der Waals surface area contributed by atoms with Crippen molar-refractivity contribution in [3.05, 3.63) is 96.6 Å². The topological polar surface area (TPSA) is 88.5 Å². The molecule has 2 aromatic heterocycles. The number of carbonyl (C=O) groups is 3. The first-order chi connectivity index (χ1) is 20.4. The van der Waals surface area contributed by atoms with Gasteiger partial charge < -0.3 is 5.32 Å². The van der Waals surface area contributed by atoms with Crippen LogP contribution in [0.1, 0.15) is 22.1 Å². The second-order valence-corrected chi connectivity index (χ2v) is 14.9. The van der Waals surface area contributed by atoms with Crippen molar-refractivity contribution in [1.82, 2.24) is 4.57 Å². The standard InChI is InChI=1S/C31H24ClN3O4S3/c32-15-8-10-17(11-9-15)35-28(37)23-18-13-19(24(23)29(35)38)26-22(18)25(20-7-4-12-40-20)27-30(41-26)34(31(39)42-27)14-21(36)33-16-5-2-1-3-6-16/h1-12,18-19,22-26H,13-14H2,(H,33,36). The Morgan fingerprint density at radius 2 is 1.67 bits per heavy atom. The number of carbonyl (C=O) groups excluding carboxylic acids is 3. The third kappa shape index (κ3) is 3.92. The number of thioether (sulfide) groups is 1. The summed E-state index contributed by atoms with van der Waals surface area (Å²) in [5.74, 6) is -1.13. The van der Waals surface area contributed by atoms with E-state index in [2.05, 4.69) is 11.4 Å². The number of hydrogen-bond donors (Lipinski definition) is 1. The number of thiazole rings is 1. The zero-order valence-corrected chi connectivity index (χ0v) is 25.2. The Balaban J connectivity index is 1.16. The number of hydrogen-bond acceptors (Lipinski definition) is 7. The predicted octanol–water partition coefficient (Wildman–Crippen LogP) is 5.94. The van der Waals surface area contributed by atoms with Crippen LogP contribution in [0.5, 0.6) is 0 Å². The first-order valence-corrected chi connectivity index (χ1v) is 16.8. The van der Waals surface area contributed by atoms with Gasteiger partial charge in [-0.2, -0.15) is 0 Å². The maximum absolute atomic E-state index is 13.9. The predicted molar refractivity (Wildman–Crippen MR) is 165 cm³/mol. The average Bonchev–Trinajstić information content (AvgIpc) is 3.80. The van der Waals surface area contributed by atoms with Gasteiger partial charge in [-0.05, 0) is 72.0 Å². The molecular weight excluding hydrogens is 610 g/mol. The molecule has 4 aliphatic rings. The molecule has 2 aliphatic heterocycles. The molecule has 2 aromatic carbocycles. The number of para-hydroxylation sites is 1. The largest absolute Gasteiger partial charge is 0.325 e. The Kier molecular flexibility index (Phi) is 6.26. The van der Waals surface area contributed by atoms with Crippen LogP contribution < -0.4 is 15.1 Å². The van der Waals surface area contributed by atoms with E-state index in [1.54, 1.807) is 51.9 Å². The van der Waals surface area contributed by atoms with Crippen molar-refractivity contribution in [3.63, 3.8) is 0 Å². The molecule has 1 saturated heterocycles. The molecule has 212 valence electrons. The number of rotatable bonds is 5. The number of halogens is 1. The molecule has 3 fully saturated rings. The quantitative estimate of drug-likeness (QED) is 0.275. The van der Waals surface area contributed by atoms with Crippen LogP contribution in [0.25, 0.3) is 0 Å². The van der Waals surface area contributed by atoms with Crippen LogP contribution in [0.2, 0.25) is 5.02 Å². The summed E-state index contributed by atoms with van der Waals surface area (Å²) in [5, 5.41) is 6.37. The van der Waals surface area contributed by atoms with Crippen LogP contribution in [0.15, 0.2) is 81.9 Å². The van der Waals surface area contributed by atoms with Gasteiger partial charge in [-0.25, -0.2) is 0 Å². The van der Waals surface area contributed by atoms with Crippen LogP contribution in [0.4, 0.5) is 11.4 Å². The highest BCUT2D eigenvalue weighted by atomic mass is 35.5. The molecule has 3 amide bonds. The molecular formula is C31H24ClN3O4S3. The zero-order valence-electron chi connectivity index (χ0n) is 22.0. The summed E-state index contributed by atoms with van der Waals surface area (Å²) in [4.78, 5) is 57.5. The Bertz CT molecular complexity index is 1790. The molecule has 7 atom stereocenters. The van der Waals surface area contributed by atoms with Gasteiger partial charge in [-0.1, -0.05) is 47.2 Å². The average molecular weight is 634 g/mol. The number of thiophene rings is 1. The van der Waals surface area contributed by atoms with E-state index in [0.29, 0.717) is 16.4 Å². The maximum atomic E-state index is 13.9. The molecule has 11 heteroatoms. The molecule has 0 radical (unpaired) electrons. The van der Waals surface area contributed by atoms with Crippen LogP contribution in [-0.2, 0) is 20.9 Å². The van der Waals surface area contributed by atoms with E-state index in [0.717, 1.165) is 21.2 Å². The van der Waals surface area contributed by atoms with E-state index in [9.17, 15) is 19.2 Å². The number of fused-ring (bicyclic) bond motifs is 9. The summed E-state index contributed by atoms with van der Waals surface area (Å²) in [5.41, 5.74) is 1.24. The van der Waals surface area contributed by atoms with Gasteiger partial charge in [0.15, 0.2) is 0 Å². The van der Waals surface area contributed by atoms with Crippen LogP contribution in [0.3, 0.4) is 0 Å². The molecule has 2 bridgehead atoms. The smallest absolute Gasteiger partial charge is 0.308 e. The van der Waals surface area contributed by atoms with Gasteiger partial charge in [0.05, 0.1) is 22.5 Å². The van der Waals surface area contributed by atoms with Crippen LogP contribution in [0, 0.1) is 29.6 Å². The molecule has 2 aliphatic carbocycles. The fourth-order valence-corrected chi connectivity index (χ4v) is 12.0. The summed E-state index contributed by atoms with van der Waals surface area (Å²) < 4.78 is 1.60. The summed E-state index contributed by atoms with van der Waals surface area (Å²) in [6.45, 7) is -0.0803. The Morgan fingerprint density at radius 3 is 2.38 bits per heavy atom. The molecule has 0 spiro atoms. The van der Waals surface area contributed by atoms with Crippen LogP contribution in [-0.4, -0.2) is 27.5 Å². The molecule has 42 heavy (non-hydrogen) atoms. The monoisotopic (exact) mass is 633 g/mol. The molecule has 8 rings (SSSR count). The summed E-state index contributed by atoms with van der Waals surface area (Å²) in [7, 11) is 0. The second-order valence-electron chi connectivity index (χ2n) is 11.3. The summed E-state index contributed by atoms with van der Waals surface area (Å²) in [6, 6.07) is 20.2. The van der Waals surface area contributed by atoms with Crippen molar-refractivity contribution in [3.8, 4) is 0 Å². The maximum Gasteiger partial charge on any atom is 0.308 e. The van der Waals surface area contributed by atoms with Gasteiger partial charge >= 0.3 is 4.87 Å². The SMILES string of the molecule is O=C(Cn1c2c(sc1=O)C(c1cccs1)C1C3CC(C1S2)C1C(=O)N(c2ccc(Cl)cc2)C(=O)C31)Nc1ccccc1. The number of nitrogens with one attached hydrogen (secondary N) is 1. The first-order valence-electron chi connectivity index (χ1n) is 13.8.